The van der Waals surface area contributed by atoms with Crippen molar-refractivity contribution >= 4 is 33.3 Å². The summed E-state index contributed by atoms with van der Waals surface area (Å²) in [7, 11) is 0. The first-order valence-corrected chi connectivity index (χ1v) is 4.70. The molecule has 0 fully saturated rings. The number of benzene rings is 1. The number of halogens is 2. The largest absolute Gasteiger partial charge is 0.300 e. The minimum absolute atomic E-state index is 0.120. The van der Waals surface area contributed by atoms with Crippen LogP contribution in [0.5, 0.6) is 0 Å². The molecule has 12 heavy (non-hydrogen) atoms. The standard InChI is InChI=1S/C9H8BrClO/c1-6(12)4-7-5-8(10)2-3-9(7)11/h2-3,5H,4H2,1H3. The van der Waals surface area contributed by atoms with E-state index in [9.17, 15) is 4.79 Å². The first-order chi connectivity index (χ1) is 5.59. The fraction of sp³-hybridized carbons (Fsp3) is 0.222. The van der Waals surface area contributed by atoms with Gasteiger partial charge in [0, 0.05) is 15.9 Å². The predicted molar refractivity (Wildman–Crippen MR) is 53.5 cm³/mol. The van der Waals surface area contributed by atoms with E-state index < -0.39 is 0 Å². The fourth-order valence-corrected chi connectivity index (χ4v) is 1.54. The van der Waals surface area contributed by atoms with Gasteiger partial charge in [-0.15, -0.1) is 0 Å². The monoisotopic (exact) mass is 246 g/mol. The second kappa shape index (κ2) is 4.06. The topological polar surface area (TPSA) is 17.1 Å². The Hall–Kier alpha value is -0.340. The van der Waals surface area contributed by atoms with Gasteiger partial charge in [0.2, 0.25) is 0 Å². The van der Waals surface area contributed by atoms with Gasteiger partial charge in [-0.25, -0.2) is 0 Å². The number of ketones is 1. The average Bonchev–Trinajstić information content (AvgIpc) is 1.96. The van der Waals surface area contributed by atoms with Crippen LogP contribution in [-0.4, -0.2) is 5.78 Å². The van der Waals surface area contributed by atoms with Crippen LogP contribution in [0.4, 0.5) is 0 Å². The van der Waals surface area contributed by atoms with Gasteiger partial charge in [-0.1, -0.05) is 27.5 Å². The zero-order valence-electron chi connectivity index (χ0n) is 6.60. The van der Waals surface area contributed by atoms with E-state index in [4.69, 9.17) is 11.6 Å². The SMILES string of the molecule is CC(=O)Cc1cc(Br)ccc1Cl. The van der Waals surface area contributed by atoms with E-state index in [1.807, 2.05) is 12.1 Å². The van der Waals surface area contributed by atoms with E-state index in [1.165, 1.54) is 0 Å². The highest BCUT2D eigenvalue weighted by molar-refractivity contribution is 9.10. The molecular formula is C9H8BrClO. The van der Waals surface area contributed by atoms with Crippen molar-refractivity contribution in [1.29, 1.82) is 0 Å². The molecule has 64 valence electrons. The summed E-state index contributed by atoms with van der Waals surface area (Å²) in [6.07, 6.45) is 0.401. The third-order valence-electron chi connectivity index (χ3n) is 1.45. The van der Waals surface area contributed by atoms with E-state index in [-0.39, 0.29) is 5.78 Å². The number of rotatable bonds is 2. The fourth-order valence-electron chi connectivity index (χ4n) is 0.947. The van der Waals surface area contributed by atoms with Gasteiger partial charge < -0.3 is 0 Å². The molecule has 1 nitrogen and oxygen atoms in total. The van der Waals surface area contributed by atoms with Crippen molar-refractivity contribution < 1.29 is 4.79 Å². The van der Waals surface area contributed by atoms with Gasteiger partial charge in [0.15, 0.2) is 0 Å². The summed E-state index contributed by atoms with van der Waals surface area (Å²) >= 11 is 9.18. The first-order valence-electron chi connectivity index (χ1n) is 3.53. The van der Waals surface area contributed by atoms with Gasteiger partial charge in [0.1, 0.15) is 5.78 Å². The lowest BCUT2D eigenvalue weighted by Gasteiger charge is -2.01. The lowest BCUT2D eigenvalue weighted by Crippen LogP contribution is -1.96. The third-order valence-corrected chi connectivity index (χ3v) is 2.31. The molecule has 0 spiro atoms. The van der Waals surface area contributed by atoms with Crippen molar-refractivity contribution in [2.75, 3.05) is 0 Å². The van der Waals surface area contributed by atoms with Crippen LogP contribution < -0.4 is 0 Å². The lowest BCUT2D eigenvalue weighted by atomic mass is 10.1. The van der Waals surface area contributed by atoms with Crippen molar-refractivity contribution in [3.05, 3.63) is 33.3 Å². The quantitative estimate of drug-likeness (QED) is 0.784. The Morgan fingerprint density at radius 3 is 2.83 bits per heavy atom. The molecule has 0 heterocycles. The maximum absolute atomic E-state index is 10.8. The van der Waals surface area contributed by atoms with E-state index in [2.05, 4.69) is 15.9 Å². The minimum Gasteiger partial charge on any atom is -0.300 e. The Kier molecular flexibility index (Phi) is 3.29. The molecule has 0 bridgehead atoms. The maximum atomic E-state index is 10.8. The molecule has 0 aliphatic rings. The van der Waals surface area contributed by atoms with Crippen LogP contribution in [0.1, 0.15) is 12.5 Å². The maximum Gasteiger partial charge on any atom is 0.134 e. The van der Waals surface area contributed by atoms with Crippen LogP contribution in [0, 0.1) is 0 Å². The molecule has 0 radical (unpaired) electrons. The van der Waals surface area contributed by atoms with Crippen molar-refractivity contribution in [2.24, 2.45) is 0 Å². The summed E-state index contributed by atoms with van der Waals surface area (Å²) in [6.45, 7) is 1.55. The second-order valence-electron chi connectivity index (χ2n) is 2.61. The Morgan fingerprint density at radius 1 is 1.58 bits per heavy atom. The van der Waals surface area contributed by atoms with Crippen molar-refractivity contribution in [2.45, 2.75) is 13.3 Å². The summed E-state index contributed by atoms with van der Waals surface area (Å²) in [4.78, 5) is 10.8. The minimum atomic E-state index is 0.120. The van der Waals surface area contributed by atoms with E-state index >= 15 is 0 Å². The number of carbonyl (C=O) groups is 1. The second-order valence-corrected chi connectivity index (χ2v) is 3.94. The molecule has 3 heteroatoms. The molecule has 0 aromatic heterocycles. The summed E-state index contributed by atoms with van der Waals surface area (Å²) in [6, 6.07) is 5.50. The average molecular weight is 248 g/mol. The molecule has 0 aliphatic heterocycles. The number of hydrogen-bond acceptors (Lipinski definition) is 1. The van der Waals surface area contributed by atoms with Gasteiger partial charge in [-0.2, -0.15) is 0 Å². The van der Waals surface area contributed by atoms with Crippen LogP contribution >= 0.6 is 27.5 Å². The summed E-state index contributed by atoms with van der Waals surface area (Å²) in [5, 5.41) is 0.647. The van der Waals surface area contributed by atoms with Crippen molar-refractivity contribution in [3.8, 4) is 0 Å². The van der Waals surface area contributed by atoms with Crippen LogP contribution in [-0.2, 0) is 11.2 Å². The molecule has 1 aromatic carbocycles. The van der Waals surface area contributed by atoms with Gasteiger partial charge in [0.05, 0.1) is 0 Å². The molecule has 0 saturated heterocycles. The number of carbonyl (C=O) groups excluding carboxylic acids is 1. The molecular weight excluding hydrogens is 239 g/mol. The summed E-state index contributed by atoms with van der Waals surface area (Å²) in [5.41, 5.74) is 0.874. The highest BCUT2D eigenvalue weighted by Crippen LogP contribution is 2.21. The van der Waals surface area contributed by atoms with Gasteiger partial charge in [-0.05, 0) is 30.7 Å². The van der Waals surface area contributed by atoms with Gasteiger partial charge in [-0.3, -0.25) is 4.79 Å². The van der Waals surface area contributed by atoms with Crippen molar-refractivity contribution in [1.82, 2.24) is 0 Å². The molecule has 1 aromatic rings. The van der Waals surface area contributed by atoms with Gasteiger partial charge in [0.25, 0.3) is 0 Å². The highest BCUT2D eigenvalue weighted by atomic mass is 79.9. The number of Topliss-reactive ketones (excluding diaryl/α,β-unsaturated/α-hetero) is 1. The molecule has 0 amide bonds. The first kappa shape index (κ1) is 9.75. The Bertz CT molecular complexity index is 309. The van der Waals surface area contributed by atoms with Gasteiger partial charge >= 0.3 is 0 Å². The number of hydrogen-bond donors (Lipinski definition) is 0. The summed E-state index contributed by atoms with van der Waals surface area (Å²) < 4.78 is 0.947. The smallest absolute Gasteiger partial charge is 0.134 e. The van der Waals surface area contributed by atoms with Crippen LogP contribution in [0.3, 0.4) is 0 Å². The van der Waals surface area contributed by atoms with Crippen LogP contribution in [0.2, 0.25) is 5.02 Å². The molecule has 1 rings (SSSR count). The van der Waals surface area contributed by atoms with E-state index in [0.717, 1.165) is 10.0 Å². The van der Waals surface area contributed by atoms with Crippen LogP contribution in [0.25, 0.3) is 0 Å². The van der Waals surface area contributed by atoms with Crippen molar-refractivity contribution in [3.63, 3.8) is 0 Å². The highest BCUT2D eigenvalue weighted by Gasteiger charge is 2.03. The zero-order chi connectivity index (χ0) is 9.14. The molecule has 0 unspecified atom stereocenters. The summed E-state index contributed by atoms with van der Waals surface area (Å²) in [5.74, 6) is 0.120. The normalized spacial score (nSPS) is 9.92. The molecule has 0 atom stereocenters. The molecule has 0 saturated carbocycles. The van der Waals surface area contributed by atoms with Crippen LogP contribution in [0.15, 0.2) is 22.7 Å². The molecule has 0 N–H and O–H groups in total. The molecule has 0 aliphatic carbocycles. The van der Waals surface area contributed by atoms with E-state index in [0.29, 0.717) is 11.4 Å². The van der Waals surface area contributed by atoms with E-state index in [1.54, 1.807) is 13.0 Å². The zero-order valence-corrected chi connectivity index (χ0v) is 8.95. The Balaban J connectivity index is 2.97. The Morgan fingerprint density at radius 2 is 2.25 bits per heavy atom. The lowest BCUT2D eigenvalue weighted by molar-refractivity contribution is -0.116. The predicted octanol–water partition coefficient (Wildman–Crippen LogP) is 3.23. The Labute approximate surface area is 84.9 Å². The third kappa shape index (κ3) is 2.61.